The van der Waals surface area contributed by atoms with Crippen molar-refractivity contribution < 1.29 is 14.7 Å². The Morgan fingerprint density at radius 1 is 1.13 bits per heavy atom. The fourth-order valence-corrected chi connectivity index (χ4v) is 1.97. The van der Waals surface area contributed by atoms with Crippen molar-refractivity contribution >= 4 is 17.9 Å². The van der Waals surface area contributed by atoms with Crippen molar-refractivity contribution in [1.82, 2.24) is 10.6 Å². The maximum atomic E-state index is 11.6. The number of amides is 2. The van der Waals surface area contributed by atoms with Crippen molar-refractivity contribution in [2.24, 2.45) is 5.92 Å². The van der Waals surface area contributed by atoms with Gasteiger partial charge in [-0.05, 0) is 30.9 Å². The highest BCUT2D eigenvalue weighted by atomic mass is 16.3. The minimum Gasteiger partial charge on any atom is -0.396 e. The number of hydrogen-bond acceptors (Lipinski definition) is 3. The zero-order valence-electron chi connectivity index (χ0n) is 13.6. The SMILES string of the molecule is C[C@@H](CCO)C(=O)NCCCCNC(=O)/C=C/c1ccccc1. The van der Waals surface area contributed by atoms with Gasteiger partial charge in [-0.3, -0.25) is 9.59 Å². The average Bonchev–Trinajstić information content (AvgIpc) is 2.57. The molecule has 23 heavy (non-hydrogen) atoms. The topological polar surface area (TPSA) is 78.4 Å². The van der Waals surface area contributed by atoms with E-state index in [4.69, 9.17) is 5.11 Å². The summed E-state index contributed by atoms with van der Waals surface area (Å²) in [5.74, 6) is -0.314. The standard InChI is InChI=1S/C18H26N2O3/c1-15(11-14-21)18(23)20-13-6-5-12-19-17(22)10-9-16-7-3-2-4-8-16/h2-4,7-10,15,21H,5-6,11-14H2,1H3,(H,19,22)(H,20,23)/b10-9+/t15-/m0/s1. The molecule has 1 aromatic rings. The van der Waals surface area contributed by atoms with Gasteiger partial charge in [0.05, 0.1) is 0 Å². The molecule has 0 aliphatic heterocycles. The summed E-state index contributed by atoms with van der Waals surface area (Å²) in [7, 11) is 0. The third-order valence-electron chi connectivity index (χ3n) is 3.44. The van der Waals surface area contributed by atoms with Gasteiger partial charge in [0.15, 0.2) is 0 Å². The Balaban J connectivity index is 2.07. The van der Waals surface area contributed by atoms with Crippen LogP contribution in [0.3, 0.4) is 0 Å². The monoisotopic (exact) mass is 318 g/mol. The average molecular weight is 318 g/mol. The van der Waals surface area contributed by atoms with Gasteiger partial charge in [0, 0.05) is 31.7 Å². The second-order valence-electron chi connectivity index (χ2n) is 5.45. The molecule has 0 aliphatic rings. The highest BCUT2D eigenvalue weighted by Crippen LogP contribution is 2.01. The van der Waals surface area contributed by atoms with E-state index in [1.54, 1.807) is 13.0 Å². The van der Waals surface area contributed by atoms with Crippen molar-refractivity contribution in [1.29, 1.82) is 0 Å². The summed E-state index contributed by atoms with van der Waals surface area (Å²) < 4.78 is 0. The van der Waals surface area contributed by atoms with E-state index in [0.29, 0.717) is 19.5 Å². The zero-order valence-corrected chi connectivity index (χ0v) is 13.6. The normalized spacial score (nSPS) is 12.1. The largest absolute Gasteiger partial charge is 0.396 e. The molecule has 1 aromatic carbocycles. The van der Waals surface area contributed by atoms with E-state index in [2.05, 4.69) is 10.6 Å². The third kappa shape index (κ3) is 8.78. The summed E-state index contributed by atoms with van der Waals surface area (Å²) >= 11 is 0. The first-order valence-corrected chi connectivity index (χ1v) is 8.03. The lowest BCUT2D eigenvalue weighted by Gasteiger charge is -2.10. The van der Waals surface area contributed by atoms with E-state index in [9.17, 15) is 9.59 Å². The minimum atomic E-state index is -0.164. The van der Waals surface area contributed by atoms with Gasteiger partial charge in [-0.2, -0.15) is 0 Å². The molecule has 0 heterocycles. The number of benzene rings is 1. The predicted molar refractivity (Wildman–Crippen MR) is 91.6 cm³/mol. The van der Waals surface area contributed by atoms with E-state index in [-0.39, 0.29) is 24.3 Å². The van der Waals surface area contributed by atoms with Crippen molar-refractivity contribution in [3.05, 3.63) is 42.0 Å². The smallest absolute Gasteiger partial charge is 0.243 e. The van der Waals surface area contributed by atoms with Gasteiger partial charge in [-0.15, -0.1) is 0 Å². The molecular formula is C18H26N2O3. The number of nitrogens with one attached hydrogen (secondary N) is 2. The van der Waals surface area contributed by atoms with E-state index < -0.39 is 0 Å². The molecule has 0 aliphatic carbocycles. The lowest BCUT2D eigenvalue weighted by atomic mass is 10.1. The maximum Gasteiger partial charge on any atom is 0.243 e. The molecule has 0 bridgehead atoms. The van der Waals surface area contributed by atoms with Gasteiger partial charge in [0.2, 0.25) is 11.8 Å². The number of carbonyl (C=O) groups excluding carboxylic acids is 2. The number of unbranched alkanes of at least 4 members (excludes halogenated alkanes) is 1. The first-order valence-electron chi connectivity index (χ1n) is 8.03. The van der Waals surface area contributed by atoms with Crippen LogP contribution in [0.2, 0.25) is 0 Å². The number of carbonyl (C=O) groups is 2. The van der Waals surface area contributed by atoms with Crippen molar-refractivity contribution in [2.75, 3.05) is 19.7 Å². The van der Waals surface area contributed by atoms with Crippen molar-refractivity contribution in [3.63, 3.8) is 0 Å². The van der Waals surface area contributed by atoms with E-state index >= 15 is 0 Å². The molecule has 0 saturated heterocycles. The molecule has 126 valence electrons. The Bertz CT molecular complexity index is 500. The summed E-state index contributed by atoms with van der Waals surface area (Å²) in [6, 6.07) is 9.65. The fraction of sp³-hybridized carbons (Fsp3) is 0.444. The molecule has 0 spiro atoms. The second-order valence-corrected chi connectivity index (χ2v) is 5.45. The Hall–Kier alpha value is -2.14. The lowest BCUT2D eigenvalue weighted by molar-refractivity contribution is -0.125. The van der Waals surface area contributed by atoms with E-state index in [1.807, 2.05) is 30.3 Å². The van der Waals surface area contributed by atoms with Crippen LogP contribution in [-0.2, 0) is 9.59 Å². The Morgan fingerprint density at radius 3 is 2.43 bits per heavy atom. The maximum absolute atomic E-state index is 11.6. The van der Waals surface area contributed by atoms with Gasteiger partial charge >= 0.3 is 0 Å². The van der Waals surface area contributed by atoms with Gasteiger partial charge in [-0.25, -0.2) is 0 Å². The highest BCUT2D eigenvalue weighted by Gasteiger charge is 2.10. The van der Waals surface area contributed by atoms with Crippen LogP contribution in [0.5, 0.6) is 0 Å². The number of aliphatic hydroxyl groups excluding tert-OH is 1. The van der Waals surface area contributed by atoms with Crippen LogP contribution >= 0.6 is 0 Å². The summed E-state index contributed by atoms with van der Waals surface area (Å²) in [5.41, 5.74) is 0.988. The Labute approximate surface area is 137 Å². The molecule has 1 atom stereocenters. The van der Waals surface area contributed by atoms with E-state index in [0.717, 1.165) is 18.4 Å². The van der Waals surface area contributed by atoms with Crippen LogP contribution in [0.4, 0.5) is 0 Å². The number of rotatable bonds is 10. The molecule has 5 heteroatoms. The predicted octanol–water partition coefficient (Wildman–Crippen LogP) is 1.73. The number of aliphatic hydroxyl groups is 1. The lowest BCUT2D eigenvalue weighted by Crippen LogP contribution is -2.31. The molecular weight excluding hydrogens is 292 g/mol. The Morgan fingerprint density at radius 2 is 1.78 bits per heavy atom. The summed E-state index contributed by atoms with van der Waals surface area (Å²) in [4.78, 5) is 23.2. The molecule has 0 fully saturated rings. The van der Waals surface area contributed by atoms with Crippen LogP contribution in [0, 0.1) is 5.92 Å². The molecule has 2 amide bonds. The first kappa shape index (κ1) is 18.9. The number of hydrogen-bond donors (Lipinski definition) is 3. The van der Waals surface area contributed by atoms with Crippen LogP contribution in [-0.4, -0.2) is 36.6 Å². The molecule has 1 rings (SSSR count). The molecule has 0 aromatic heterocycles. The van der Waals surface area contributed by atoms with Crippen molar-refractivity contribution in [2.45, 2.75) is 26.2 Å². The summed E-state index contributed by atoms with van der Waals surface area (Å²) in [6.07, 6.45) is 5.39. The second kappa shape index (κ2) is 11.4. The molecule has 3 N–H and O–H groups in total. The minimum absolute atomic E-state index is 0.0249. The summed E-state index contributed by atoms with van der Waals surface area (Å²) in [5, 5.41) is 14.4. The van der Waals surface area contributed by atoms with E-state index in [1.165, 1.54) is 6.08 Å². The van der Waals surface area contributed by atoms with Crippen molar-refractivity contribution in [3.8, 4) is 0 Å². The molecule has 0 radical (unpaired) electrons. The van der Waals surface area contributed by atoms with Gasteiger partial charge in [0.1, 0.15) is 0 Å². The first-order chi connectivity index (χ1) is 11.1. The van der Waals surface area contributed by atoms with Crippen LogP contribution in [0.25, 0.3) is 6.08 Å². The van der Waals surface area contributed by atoms with Gasteiger partial charge < -0.3 is 15.7 Å². The molecule has 0 unspecified atom stereocenters. The fourth-order valence-electron chi connectivity index (χ4n) is 1.97. The molecule has 0 saturated carbocycles. The van der Waals surface area contributed by atoms with Crippen LogP contribution in [0.1, 0.15) is 31.7 Å². The van der Waals surface area contributed by atoms with Gasteiger partial charge in [-0.1, -0.05) is 37.3 Å². The van der Waals surface area contributed by atoms with Crippen LogP contribution in [0.15, 0.2) is 36.4 Å². The van der Waals surface area contributed by atoms with Gasteiger partial charge in [0.25, 0.3) is 0 Å². The highest BCUT2D eigenvalue weighted by molar-refractivity contribution is 5.91. The Kier molecular flexibility index (Phi) is 9.40. The van der Waals surface area contributed by atoms with Crippen LogP contribution < -0.4 is 10.6 Å². The third-order valence-corrected chi connectivity index (χ3v) is 3.44. The molecule has 5 nitrogen and oxygen atoms in total. The quantitative estimate of drug-likeness (QED) is 0.454. The zero-order chi connectivity index (χ0) is 16.9. The summed E-state index contributed by atoms with van der Waals surface area (Å²) in [6.45, 7) is 2.99.